The number of carbonyl (C=O) groups is 1. The van der Waals surface area contributed by atoms with Gasteiger partial charge in [-0.05, 0) is 36.4 Å². The van der Waals surface area contributed by atoms with Crippen molar-refractivity contribution in [3.63, 3.8) is 0 Å². The van der Waals surface area contributed by atoms with Gasteiger partial charge in [0.1, 0.15) is 5.82 Å². The van der Waals surface area contributed by atoms with E-state index >= 15 is 0 Å². The molecule has 3 heterocycles. The van der Waals surface area contributed by atoms with Gasteiger partial charge in [0.25, 0.3) is 5.91 Å². The highest BCUT2D eigenvalue weighted by Gasteiger charge is 2.26. The molecule has 6 rings (SSSR count). The van der Waals surface area contributed by atoms with Gasteiger partial charge in [0.05, 0.1) is 5.52 Å². The van der Waals surface area contributed by atoms with Gasteiger partial charge in [-0.1, -0.05) is 48.0 Å². The van der Waals surface area contributed by atoms with Crippen molar-refractivity contribution in [3.8, 4) is 11.4 Å². The fraction of sp³-hybridized carbons (Fsp3) is 0.154. The normalized spacial score (nSPS) is 14.1. The van der Waals surface area contributed by atoms with Crippen molar-refractivity contribution < 1.29 is 9.18 Å². The molecule has 2 aromatic heterocycles. The van der Waals surface area contributed by atoms with Crippen LogP contribution in [0.15, 0.2) is 72.8 Å². The van der Waals surface area contributed by atoms with Crippen LogP contribution in [0.25, 0.3) is 27.9 Å². The van der Waals surface area contributed by atoms with Gasteiger partial charge in [0, 0.05) is 47.7 Å². The van der Waals surface area contributed by atoms with Gasteiger partial charge in [0.2, 0.25) is 5.95 Å². The fourth-order valence-corrected chi connectivity index (χ4v) is 4.66. The summed E-state index contributed by atoms with van der Waals surface area (Å²) < 4.78 is 15.6. The average molecular weight is 487 g/mol. The lowest BCUT2D eigenvalue weighted by molar-refractivity contribution is 0.0745. The number of anilines is 1. The largest absolute Gasteiger partial charge is 0.338 e. The quantitative estimate of drug-likeness (QED) is 0.370. The van der Waals surface area contributed by atoms with E-state index in [1.807, 2.05) is 52.9 Å². The third kappa shape index (κ3) is 3.85. The molecule has 9 heteroatoms. The number of halogens is 2. The van der Waals surface area contributed by atoms with Crippen LogP contribution in [0.2, 0.25) is 5.02 Å². The van der Waals surface area contributed by atoms with E-state index in [-0.39, 0.29) is 5.91 Å². The average Bonchev–Trinajstić information content (AvgIpc) is 3.34. The summed E-state index contributed by atoms with van der Waals surface area (Å²) in [4.78, 5) is 21.7. The molecule has 0 unspecified atom stereocenters. The molecule has 0 atom stereocenters. The first kappa shape index (κ1) is 21.5. The number of hydrogen-bond acceptors (Lipinski definition) is 5. The Morgan fingerprint density at radius 1 is 0.886 bits per heavy atom. The molecular formula is C26H20ClFN6O. The molecule has 1 saturated heterocycles. The number of rotatable bonds is 3. The van der Waals surface area contributed by atoms with E-state index in [1.54, 1.807) is 17.0 Å². The van der Waals surface area contributed by atoms with Crippen molar-refractivity contribution in [2.24, 2.45) is 0 Å². The molecule has 0 bridgehead atoms. The van der Waals surface area contributed by atoms with Crippen LogP contribution < -0.4 is 4.90 Å². The molecule has 0 N–H and O–H groups in total. The third-order valence-electron chi connectivity index (χ3n) is 6.24. The van der Waals surface area contributed by atoms with Crippen LogP contribution >= 0.6 is 11.6 Å². The maximum absolute atomic E-state index is 13.6. The molecule has 0 aliphatic carbocycles. The summed E-state index contributed by atoms with van der Waals surface area (Å²) in [6.07, 6.45) is 0. The number of piperazine rings is 1. The zero-order chi connectivity index (χ0) is 23.9. The number of carbonyl (C=O) groups excluding carboxylic acids is 1. The van der Waals surface area contributed by atoms with E-state index in [0.717, 1.165) is 16.5 Å². The Kier molecular flexibility index (Phi) is 5.30. The van der Waals surface area contributed by atoms with Gasteiger partial charge in [-0.25, -0.2) is 13.8 Å². The highest BCUT2D eigenvalue weighted by atomic mass is 35.5. The number of aromatic nitrogens is 4. The van der Waals surface area contributed by atoms with Crippen molar-refractivity contribution in [2.45, 2.75) is 0 Å². The molecule has 0 radical (unpaired) electrons. The van der Waals surface area contributed by atoms with Crippen molar-refractivity contribution in [3.05, 3.63) is 89.2 Å². The van der Waals surface area contributed by atoms with E-state index in [1.165, 1.54) is 12.1 Å². The Labute approximate surface area is 205 Å². The fourth-order valence-electron chi connectivity index (χ4n) is 4.49. The molecule has 1 fully saturated rings. The van der Waals surface area contributed by atoms with E-state index in [4.69, 9.17) is 16.6 Å². The lowest BCUT2D eigenvalue weighted by Gasteiger charge is -2.35. The third-order valence-corrected chi connectivity index (χ3v) is 6.47. The summed E-state index contributed by atoms with van der Waals surface area (Å²) in [7, 11) is 0. The van der Waals surface area contributed by atoms with Gasteiger partial charge >= 0.3 is 0 Å². The summed E-state index contributed by atoms with van der Waals surface area (Å²) in [5.41, 5.74) is 2.70. The van der Waals surface area contributed by atoms with Gasteiger partial charge < -0.3 is 9.80 Å². The Hall–Kier alpha value is -4.04. The zero-order valence-electron chi connectivity index (χ0n) is 18.6. The van der Waals surface area contributed by atoms with Gasteiger partial charge in [-0.2, -0.15) is 0 Å². The Bertz CT molecular complexity index is 1560. The van der Waals surface area contributed by atoms with Crippen molar-refractivity contribution >= 4 is 40.0 Å². The van der Waals surface area contributed by atoms with E-state index in [9.17, 15) is 9.18 Å². The van der Waals surface area contributed by atoms with Gasteiger partial charge in [-0.3, -0.25) is 4.79 Å². The van der Waals surface area contributed by atoms with Crippen LogP contribution in [0, 0.1) is 5.82 Å². The van der Waals surface area contributed by atoms with E-state index < -0.39 is 5.82 Å². The van der Waals surface area contributed by atoms with E-state index in [0.29, 0.717) is 54.2 Å². The maximum Gasteiger partial charge on any atom is 0.254 e. The highest BCUT2D eigenvalue weighted by Crippen LogP contribution is 2.30. The van der Waals surface area contributed by atoms with E-state index in [2.05, 4.69) is 15.1 Å². The van der Waals surface area contributed by atoms with Crippen LogP contribution in [0.5, 0.6) is 0 Å². The molecule has 3 aromatic carbocycles. The molecule has 35 heavy (non-hydrogen) atoms. The molecule has 7 nitrogen and oxygen atoms in total. The maximum atomic E-state index is 13.6. The summed E-state index contributed by atoms with van der Waals surface area (Å²) in [5.74, 6) is 0.786. The monoisotopic (exact) mass is 486 g/mol. The zero-order valence-corrected chi connectivity index (χ0v) is 19.4. The number of benzene rings is 3. The molecule has 1 aliphatic rings. The molecule has 1 amide bonds. The highest BCUT2D eigenvalue weighted by molar-refractivity contribution is 6.31. The SMILES string of the molecule is O=C(c1cccc(F)c1)N1CCN(c2nc3cc(Cl)ccc3c3nnc(-c4ccccc4)n23)CC1. The van der Waals surface area contributed by atoms with Crippen LogP contribution in [0.1, 0.15) is 10.4 Å². The lowest BCUT2D eigenvalue weighted by Crippen LogP contribution is -2.49. The topological polar surface area (TPSA) is 66.6 Å². The smallest absolute Gasteiger partial charge is 0.254 e. The molecule has 0 saturated carbocycles. The summed E-state index contributed by atoms with van der Waals surface area (Å²) in [5, 5.41) is 10.4. The van der Waals surface area contributed by atoms with Crippen molar-refractivity contribution in [1.29, 1.82) is 0 Å². The van der Waals surface area contributed by atoms with Gasteiger partial charge in [0.15, 0.2) is 11.5 Å². The predicted molar refractivity (Wildman–Crippen MR) is 133 cm³/mol. The Balaban J connectivity index is 1.39. The predicted octanol–water partition coefficient (Wildman–Crippen LogP) is 4.70. The second-order valence-electron chi connectivity index (χ2n) is 8.41. The molecule has 1 aliphatic heterocycles. The second kappa shape index (κ2) is 8.63. The number of fused-ring (bicyclic) bond motifs is 3. The minimum absolute atomic E-state index is 0.179. The lowest BCUT2D eigenvalue weighted by atomic mass is 10.1. The standard InChI is InChI=1S/C26H20ClFN6O/c27-19-9-10-21-22(16-19)29-26(34-23(30-31-24(21)34)17-5-2-1-3-6-17)33-13-11-32(12-14-33)25(35)18-7-4-8-20(28)15-18/h1-10,15-16H,11-14H2. The minimum Gasteiger partial charge on any atom is -0.338 e. The summed E-state index contributed by atoms with van der Waals surface area (Å²) in [6.45, 7) is 2.08. The molecule has 0 spiro atoms. The van der Waals surface area contributed by atoms with Gasteiger partial charge in [-0.15, -0.1) is 10.2 Å². The molecule has 5 aromatic rings. The first-order valence-electron chi connectivity index (χ1n) is 11.3. The first-order chi connectivity index (χ1) is 17.1. The summed E-state index contributed by atoms with van der Waals surface area (Å²) in [6, 6.07) is 21.2. The first-order valence-corrected chi connectivity index (χ1v) is 11.7. The number of nitrogens with zero attached hydrogens (tertiary/aromatic N) is 6. The minimum atomic E-state index is -0.419. The van der Waals surface area contributed by atoms with Crippen LogP contribution in [0.3, 0.4) is 0 Å². The Morgan fingerprint density at radius 2 is 1.69 bits per heavy atom. The van der Waals surface area contributed by atoms with Crippen molar-refractivity contribution in [2.75, 3.05) is 31.1 Å². The molecule has 174 valence electrons. The number of amides is 1. The second-order valence-corrected chi connectivity index (χ2v) is 8.85. The number of hydrogen-bond donors (Lipinski definition) is 0. The molecular weight excluding hydrogens is 467 g/mol. The van der Waals surface area contributed by atoms with Crippen LogP contribution in [0.4, 0.5) is 10.3 Å². The van der Waals surface area contributed by atoms with Crippen LogP contribution in [-0.2, 0) is 0 Å². The van der Waals surface area contributed by atoms with Crippen LogP contribution in [-0.4, -0.2) is 56.6 Å². The summed E-state index contributed by atoms with van der Waals surface area (Å²) >= 11 is 6.27. The Morgan fingerprint density at radius 3 is 2.46 bits per heavy atom. The van der Waals surface area contributed by atoms with Crippen molar-refractivity contribution in [1.82, 2.24) is 24.5 Å².